The molecule has 2 aromatic carbocycles. The molecule has 0 saturated heterocycles. The number of furan rings is 1. The molecule has 172 valence electrons. The van der Waals surface area contributed by atoms with E-state index in [1.165, 1.54) is 33.1 Å². The third-order valence-electron chi connectivity index (χ3n) is 5.01. The molecule has 4 rings (SSSR count). The van der Waals surface area contributed by atoms with E-state index >= 15 is 0 Å². The zero-order valence-electron chi connectivity index (χ0n) is 18.1. The number of rotatable bonds is 8. The van der Waals surface area contributed by atoms with Gasteiger partial charge < -0.3 is 13.6 Å². The van der Waals surface area contributed by atoms with Gasteiger partial charge in [0, 0.05) is 12.6 Å². The molecule has 33 heavy (non-hydrogen) atoms. The normalized spacial score (nSPS) is 11.6. The van der Waals surface area contributed by atoms with E-state index in [1.807, 2.05) is 6.07 Å². The Kier molecular flexibility index (Phi) is 6.10. The van der Waals surface area contributed by atoms with Gasteiger partial charge in [-0.1, -0.05) is 18.2 Å². The van der Waals surface area contributed by atoms with Gasteiger partial charge in [0.05, 0.1) is 29.3 Å². The van der Waals surface area contributed by atoms with Crippen LogP contribution in [-0.2, 0) is 21.3 Å². The molecule has 0 aliphatic rings. The Hall–Kier alpha value is -3.79. The zero-order chi connectivity index (χ0) is 23.6. The maximum Gasteiger partial charge on any atom is 0.420 e. The largest absolute Gasteiger partial charge is 0.460 e. The lowest BCUT2D eigenvalue weighted by molar-refractivity contribution is 0.0488. The first-order valence-electron chi connectivity index (χ1n) is 10.3. The van der Waals surface area contributed by atoms with Crippen LogP contribution in [0.1, 0.15) is 30.2 Å². The van der Waals surface area contributed by atoms with Crippen LogP contribution in [0.3, 0.4) is 0 Å². The van der Waals surface area contributed by atoms with E-state index < -0.39 is 21.7 Å². The number of anilines is 1. The van der Waals surface area contributed by atoms with Gasteiger partial charge in [0.25, 0.3) is 10.0 Å². The number of nitrogens with zero attached hydrogens (tertiary/aromatic N) is 2. The van der Waals surface area contributed by atoms with Crippen LogP contribution in [0.15, 0.2) is 79.2 Å². The first-order valence-corrected chi connectivity index (χ1v) is 11.8. The minimum Gasteiger partial charge on any atom is -0.460 e. The number of benzene rings is 2. The summed E-state index contributed by atoms with van der Waals surface area (Å²) in [6, 6.07) is 16.1. The second-order valence-electron chi connectivity index (χ2n) is 7.08. The fourth-order valence-corrected chi connectivity index (χ4v) is 4.99. The molecule has 0 aliphatic carbocycles. The number of ether oxygens (including phenoxy) is 1. The summed E-state index contributed by atoms with van der Waals surface area (Å²) in [5.41, 5.74) is 1.06. The van der Waals surface area contributed by atoms with Crippen LogP contribution < -0.4 is 10.1 Å². The first kappa shape index (κ1) is 22.4. The van der Waals surface area contributed by atoms with Crippen LogP contribution in [0, 0.1) is 0 Å². The molecule has 0 aliphatic heterocycles. The summed E-state index contributed by atoms with van der Waals surface area (Å²) < 4.78 is 44.8. The summed E-state index contributed by atoms with van der Waals surface area (Å²) in [5, 5.41) is 0. The van der Waals surface area contributed by atoms with Gasteiger partial charge in [0.1, 0.15) is 5.76 Å². The highest BCUT2D eigenvalue weighted by molar-refractivity contribution is 7.92. The molecular weight excluding hydrogens is 448 g/mol. The van der Waals surface area contributed by atoms with Gasteiger partial charge >= 0.3 is 11.7 Å². The fourth-order valence-electron chi connectivity index (χ4n) is 3.50. The summed E-state index contributed by atoms with van der Waals surface area (Å²) in [6.45, 7) is 3.88. The average molecular weight is 471 g/mol. The van der Waals surface area contributed by atoms with Crippen LogP contribution >= 0.6 is 0 Å². The molecule has 0 amide bonds. The van der Waals surface area contributed by atoms with E-state index in [0.717, 1.165) is 0 Å². The van der Waals surface area contributed by atoms with Crippen LogP contribution in [0.25, 0.3) is 11.1 Å². The quantitative estimate of drug-likeness (QED) is 0.362. The number of aromatic nitrogens is 1. The molecule has 0 atom stereocenters. The lowest BCUT2D eigenvalue weighted by Crippen LogP contribution is -2.30. The summed E-state index contributed by atoms with van der Waals surface area (Å²) in [7, 11) is -3.88. The molecule has 0 saturated carbocycles. The van der Waals surface area contributed by atoms with Crippen molar-refractivity contribution in [2.24, 2.45) is 0 Å². The van der Waals surface area contributed by atoms with Gasteiger partial charge in [-0.05, 0) is 50.2 Å². The molecule has 4 aromatic rings. The van der Waals surface area contributed by atoms with Crippen molar-refractivity contribution in [1.82, 2.24) is 4.57 Å². The van der Waals surface area contributed by atoms with Gasteiger partial charge in [-0.15, -0.1) is 0 Å². The smallest absolute Gasteiger partial charge is 0.420 e. The number of oxazole rings is 1. The zero-order valence-corrected chi connectivity index (χ0v) is 18.9. The van der Waals surface area contributed by atoms with Crippen molar-refractivity contribution in [3.8, 4) is 0 Å². The van der Waals surface area contributed by atoms with Gasteiger partial charge in [0.15, 0.2) is 5.58 Å². The van der Waals surface area contributed by atoms with E-state index in [1.54, 1.807) is 44.2 Å². The van der Waals surface area contributed by atoms with Crippen LogP contribution in [0.4, 0.5) is 5.69 Å². The van der Waals surface area contributed by atoms with Crippen molar-refractivity contribution >= 4 is 32.8 Å². The van der Waals surface area contributed by atoms with Crippen molar-refractivity contribution in [2.75, 3.05) is 17.5 Å². The van der Waals surface area contributed by atoms with Crippen molar-refractivity contribution in [1.29, 1.82) is 0 Å². The maximum atomic E-state index is 13.3. The predicted molar refractivity (Wildman–Crippen MR) is 121 cm³/mol. The Morgan fingerprint density at radius 2 is 1.79 bits per heavy atom. The average Bonchev–Trinajstić information content (AvgIpc) is 3.39. The highest BCUT2D eigenvalue weighted by Gasteiger charge is 2.25. The van der Waals surface area contributed by atoms with Crippen molar-refractivity contribution in [3.63, 3.8) is 0 Å². The molecule has 0 radical (unpaired) electrons. The molecule has 0 spiro atoms. The lowest BCUT2D eigenvalue weighted by Gasteiger charge is -2.22. The molecule has 0 fully saturated rings. The van der Waals surface area contributed by atoms with E-state index in [-0.39, 0.29) is 35.9 Å². The molecule has 0 N–H and O–H groups in total. The topological polar surface area (TPSA) is 112 Å². The van der Waals surface area contributed by atoms with Crippen LogP contribution in [0.2, 0.25) is 0 Å². The summed E-state index contributed by atoms with van der Waals surface area (Å²) >= 11 is 0. The van der Waals surface area contributed by atoms with E-state index in [9.17, 15) is 18.0 Å². The van der Waals surface area contributed by atoms with E-state index in [0.29, 0.717) is 17.0 Å². The summed E-state index contributed by atoms with van der Waals surface area (Å²) in [5.74, 6) is -0.895. The number of carbonyl (C=O) groups excluding carboxylic acids is 1. The van der Waals surface area contributed by atoms with Gasteiger partial charge in [-0.25, -0.2) is 18.0 Å². The van der Waals surface area contributed by atoms with Gasteiger partial charge in [0.2, 0.25) is 5.76 Å². The van der Waals surface area contributed by atoms with Crippen LogP contribution in [0.5, 0.6) is 0 Å². The molecule has 2 aromatic heterocycles. The minimum absolute atomic E-state index is 0.00242. The number of sulfonamides is 1. The Bertz CT molecular complexity index is 1450. The molecule has 0 unspecified atom stereocenters. The Morgan fingerprint density at radius 3 is 2.48 bits per heavy atom. The standard InChI is InChI=1S/C23H22N2O7S/c1-3-25(16-8-6-5-7-9-16)33(28,29)18-11-12-19-21(14-18)32-23(27)24(19)15-17-10-13-20(31-17)22(26)30-4-2/h5-14H,3-4,15H2,1-2H3. The molecule has 0 bridgehead atoms. The Labute approximate surface area is 189 Å². The lowest BCUT2D eigenvalue weighted by atomic mass is 10.3. The maximum absolute atomic E-state index is 13.3. The monoisotopic (exact) mass is 470 g/mol. The third kappa shape index (κ3) is 4.29. The SMILES string of the molecule is CCOC(=O)c1ccc(Cn2c(=O)oc3cc(S(=O)(=O)N(CC)c4ccccc4)ccc32)o1. The Balaban J connectivity index is 1.67. The van der Waals surface area contributed by atoms with E-state index in [2.05, 4.69) is 0 Å². The molecule has 9 nitrogen and oxygen atoms in total. The first-order chi connectivity index (χ1) is 15.8. The van der Waals surface area contributed by atoms with Crippen molar-refractivity contribution in [3.05, 3.63) is 82.7 Å². The highest BCUT2D eigenvalue weighted by atomic mass is 32.2. The number of fused-ring (bicyclic) bond motifs is 1. The number of hydrogen-bond acceptors (Lipinski definition) is 7. The third-order valence-corrected chi connectivity index (χ3v) is 6.91. The predicted octanol–water partition coefficient (Wildman–Crippen LogP) is 3.63. The Morgan fingerprint density at radius 1 is 1.03 bits per heavy atom. The van der Waals surface area contributed by atoms with Gasteiger partial charge in [-0.2, -0.15) is 0 Å². The summed E-state index contributed by atoms with van der Waals surface area (Å²) in [6.07, 6.45) is 0. The second kappa shape index (κ2) is 8.99. The minimum atomic E-state index is -3.88. The molecule has 2 heterocycles. The van der Waals surface area contributed by atoms with Crippen molar-refractivity contribution < 1.29 is 26.8 Å². The number of para-hydroxylation sites is 1. The van der Waals surface area contributed by atoms with Crippen molar-refractivity contribution in [2.45, 2.75) is 25.3 Å². The molecule has 10 heteroatoms. The number of hydrogen-bond donors (Lipinski definition) is 0. The number of esters is 1. The van der Waals surface area contributed by atoms with Crippen LogP contribution in [-0.4, -0.2) is 32.1 Å². The number of carbonyl (C=O) groups is 1. The van der Waals surface area contributed by atoms with Gasteiger partial charge in [-0.3, -0.25) is 8.87 Å². The summed E-state index contributed by atoms with van der Waals surface area (Å²) in [4.78, 5) is 24.3. The van der Waals surface area contributed by atoms with E-state index in [4.69, 9.17) is 13.6 Å². The second-order valence-corrected chi connectivity index (χ2v) is 8.94. The highest BCUT2D eigenvalue weighted by Crippen LogP contribution is 2.26. The fraction of sp³-hybridized carbons (Fsp3) is 0.217. The molecular formula is C23H22N2O7S.